The molecule has 0 saturated carbocycles. The van der Waals surface area contributed by atoms with Gasteiger partial charge in [-0.3, -0.25) is 9.59 Å². The molecule has 0 heterocycles. The van der Waals surface area contributed by atoms with E-state index in [4.69, 9.17) is 14.2 Å². The molecule has 0 atom stereocenters. The van der Waals surface area contributed by atoms with Gasteiger partial charge in [0.05, 0.1) is 14.2 Å². The van der Waals surface area contributed by atoms with Crippen LogP contribution in [0.5, 0.6) is 11.5 Å². The molecule has 0 aliphatic heterocycles. The quantitative estimate of drug-likeness (QED) is 0.510. The summed E-state index contributed by atoms with van der Waals surface area (Å²) in [4.78, 5) is 36.4. The normalized spacial score (nSPS) is 10.4. The third-order valence-corrected chi connectivity index (χ3v) is 4.05. The summed E-state index contributed by atoms with van der Waals surface area (Å²) in [5, 5.41) is 2.77. The van der Waals surface area contributed by atoms with Crippen LogP contribution in [0.15, 0.2) is 42.5 Å². The van der Waals surface area contributed by atoms with E-state index in [0.717, 1.165) is 0 Å². The first-order chi connectivity index (χ1) is 13.8. The van der Waals surface area contributed by atoms with E-state index in [1.165, 1.54) is 20.3 Å². The van der Waals surface area contributed by atoms with E-state index in [-0.39, 0.29) is 23.2 Å². The first-order valence-electron chi connectivity index (χ1n) is 9.16. The number of amides is 1. The molecule has 29 heavy (non-hydrogen) atoms. The summed E-state index contributed by atoms with van der Waals surface area (Å²) >= 11 is 0. The third kappa shape index (κ3) is 6.34. The van der Waals surface area contributed by atoms with Crippen LogP contribution in [-0.4, -0.2) is 38.5 Å². The number of ketones is 1. The van der Waals surface area contributed by atoms with Gasteiger partial charge >= 0.3 is 5.97 Å². The third-order valence-electron chi connectivity index (χ3n) is 4.05. The van der Waals surface area contributed by atoms with Gasteiger partial charge in [0, 0.05) is 17.7 Å². The smallest absolute Gasteiger partial charge is 0.342 e. The van der Waals surface area contributed by atoms with Gasteiger partial charge in [-0.05, 0) is 48.4 Å². The van der Waals surface area contributed by atoms with Crippen molar-refractivity contribution in [2.24, 2.45) is 5.92 Å². The Kier molecular flexibility index (Phi) is 7.77. The zero-order valence-corrected chi connectivity index (χ0v) is 17.0. The number of rotatable bonds is 9. The molecule has 0 aliphatic carbocycles. The molecule has 1 N–H and O–H groups in total. The highest BCUT2D eigenvalue weighted by atomic mass is 16.5. The van der Waals surface area contributed by atoms with Gasteiger partial charge in [0.25, 0.3) is 0 Å². The number of anilines is 1. The average molecular weight is 399 g/mol. The number of carbonyl (C=O) groups is 3. The molecule has 154 valence electrons. The molecule has 7 nitrogen and oxygen atoms in total. The highest BCUT2D eigenvalue weighted by Crippen LogP contribution is 2.24. The Bertz CT molecular complexity index is 873. The largest absolute Gasteiger partial charge is 0.497 e. The van der Waals surface area contributed by atoms with Gasteiger partial charge in [-0.2, -0.15) is 0 Å². The summed E-state index contributed by atoms with van der Waals surface area (Å²) in [7, 11) is 2.92. The van der Waals surface area contributed by atoms with Gasteiger partial charge in [0.2, 0.25) is 5.91 Å². The van der Waals surface area contributed by atoms with Gasteiger partial charge < -0.3 is 19.5 Å². The molecular formula is C22H25NO6. The monoisotopic (exact) mass is 399 g/mol. The summed E-state index contributed by atoms with van der Waals surface area (Å²) in [5.74, 6) is -0.0788. The minimum Gasteiger partial charge on any atom is -0.497 e. The Morgan fingerprint density at radius 3 is 2.24 bits per heavy atom. The van der Waals surface area contributed by atoms with Crippen LogP contribution in [0.25, 0.3) is 0 Å². The van der Waals surface area contributed by atoms with Crippen LogP contribution in [0.2, 0.25) is 0 Å². The lowest BCUT2D eigenvalue weighted by Gasteiger charge is -2.10. The van der Waals surface area contributed by atoms with E-state index in [9.17, 15) is 14.4 Å². The maximum atomic E-state index is 12.3. The van der Waals surface area contributed by atoms with Gasteiger partial charge in [0.15, 0.2) is 12.4 Å². The lowest BCUT2D eigenvalue weighted by molar-refractivity contribution is -0.116. The van der Waals surface area contributed by atoms with Crippen molar-refractivity contribution in [1.82, 2.24) is 0 Å². The summed E-state index contributed by atoms with van der Waals surface area (Å²) in [6.07, 6.45) is 0.421. The van der Waals surface area contributed by atoms with Crippen molar-refractivity contribution in [3.05, 3.63) is 53.6 Å². The second-order valence-corrected chi connectivity index (χ2v) is 6.79. The Morgan fingerprint density at radius 2 is 1.66 bits per heavy atom. The van der Waals surface area contributed by atoms with Crippen LogP contribution < -0.4 is 14.8 Å². The van der Waals surface area contributed by atoms with Crippen LogP contribution in [-0.2, 0) is 9.53 Å². The van der Waals surface area contributed by atoms with Crippen molar-refractivity contribution in [1.29, 1.82) is 0 Å². The number of nitrogens with one attached hydrogen (secondary N) is 1. The predicted molar refractivity (Wildman–Crippen MR) is 109 cm³/mol. The summed E-state index contributed by atoms with van der Waals surface area (Å²) in [6, 6.07) is 11.2. The van der Waals surface area contributed by atoms with E-state index in [1.54, 1.807) is 36.4 Å². The van der Waals surface area contributed by atoms with Crippen molar-refractivity contribution < 1.29 is 28.6 Å². The number of methoxy groups -OCH3 is 2. The maximum Gasteiger partial charge on any atom is 0.342 e. The summed E-state index contributed by atoms with van der Waals surface area (Å²) < 4.78 is 15.4. The summed E-state index contributed by atoms with van der Waals surface area (Å²) in [6.45, 7) is 3.51. The molecule has 0 bridgehead atoms. The molecule has 2 aromatic rings. The van der Waals surface area contributed by atoms with Crippen LogP contribution >= 0.6 is 0 Å². The minimum atomic E-state index is -0.688. The van der Waals surface area contributed by atoms with Crippen molar-refractivity contribution >= 4 is 23.3 Å². The molecule has 2 rings (SSSR count). The van der Waals surface area contributed by atoms with Crippen molar-refractivity contribution in [3.8, 4) is 11.5 Å². The predicted octanol–water partition coefficient (Wildman–Crippen LogP) is 3.73. The van der Waals surface area contributed by atoms with Crippen LogP contribution in [0.3, 0.4) is 0 Å². The van der Waals surface area contributed by atoms with Gasteiger partial charge in [-0.1, -0.05) is 13.8 Å². The number of ether oxygens (including phenoxy) is 3. The van der Waals surface area contributed by atoms with Gasteiger partial charge in [0.1, 0.15) is 17.1 Å². The second kappa shape index (κ2) is 10.3. The number of benzene rings is 2. The Hall–Kier alpha value is -3.35. The van der Waals surface area contributed by atoms with E-state index >= 15 is 0 Å². The van der Waals surface area contributed by atoms with E-state index in [2.05, 4.69) is 5.32 Å². The molecule has 0 spiro atoms. The molecule has 1 amide bonds. The zero-order valence-electron chi connectivity index (χ0n) is 17.0. The molecule has 0 radical (unpaired) electrons. The summed E-state index contributed by atoms with van der Waals surface area (Å²) in [5.41, 5.74) is 1.14. The SMILES string of the molecule is COc1ccc(OC)c(C(=O)OCC(=O)c2ccc(NC(=O)CC(C)C)cc2)c1. The average Bonchev–Trinajstić information content (AvgIpc) is 2.71. The fourth-order valence-corrected chi connectivity index (χ4v) is 2.59. The van der Waals surface area contributed by atoms with Crippen LogP contribution in [0.4, 0.5) is 5.69 Å². The number of esters is 1. The van der Waals surface area contributed by atoms with E-state index < -0.39 is 12.6 Å². The van der Waals surface area contributed by atoms with Gasteiger partial charge in [-0.25, -0.2) is 4.79 Å². The Balaban J connectivity index is 1.97. The lowest BCUT2D eigenvalue weighted by Crippen LogP contribution is -2.16. The molecular weight excluding hydrogens is 374 g/mol. The molecule has 0 unspecified atom stereocenters. The number of hydrogen-bond donors (Lipinski definition) is 1. The standard InChI is InChI=1S/C22H25NO6/c1-14(2)11-21(25)23-16-7-5-15(6-8-16)19(24)13-29-22(26)18-12-17(27-3)9-10-20(18)28-4/h5-10,12,14H,11,13H2,1-4H3,(H,23,25). The topological polar surface area (TPSA) is 90.9 Å². The lowest BCUT2D eigenvalue weighted by atomic mass is 10.1. The zero-order chi connectivity index (χ0) is 21.4. The van der Waals surface area contributed by atoms with Crippen LogP contribution in [0, 0.1) is 5.92 Å². The highest BCUT2D eigenvalue weighted by molar-refractivity contribution is 6.00. The first-order valence-corrected chi connectivity index (χ1v) is 9.16. The highest BCUT2D eigenvalue weighted by Gasteiger charge is 2.17. The molecule has 0 fully saturated rings. The number of hydrogen-bond acceptors (Lipinski definition) is 6. The number of Topliss-reactive ketones (excluding diaryl/α,β-unsaturated/α-hetero) is 1. The Morgan fingerprint density at radius 1 is 0.966 bits per heavy atom. The van der Waals surface area contributed by atoms with E-state index in [1.807, 2.05) is 13.8 Å². The minimum absolute atomic E-state index is 0.0831. The number of carbonyl (C=O) groups excluding carboxylic acids is 3. The fourth-order valence-electron chi connectivity index (χ4n) is 2.59. The molecule has 7 heteroatoms. The molecule has 0 saturated heterocycles. The van der Waals surface area contributed by atoms with Crippen LogP contribution in [0.1, 0.15) is 41.0 Å². The van der Waals surface area contributed by atoms with Crippen molar-refractivity contribution in [2.75, 3.05) is 26.1 Å². The second-order valence-electron chi connectivity index (χ2n) is 6.79. The van der Waals surface area contributed by atoms with E-state index in [0.29, 0.717) is 29.2 Å². The van der Waals surface area contributed by atoms with Crippen molar-refractivity contribution in [2.45, 2.75) is 20.3 Å². The maximum absolute atomic E-state index is 12.3. The fraction of sp³-hybridized carbons (Fsp3) is 0.318. The van der Waals surface area contributed by atoms with Crippen molar-refractivity contribution in [3.63, 3.8) is 0 Å². The first kappa shape index (κ1) is 21.9. The van der Waals surface area contributed by atoms with Gasteiger partial charge in [-0.15, -0.1) is 0 Å². The molecule has 2 aromatic carbocycles. The molecule has 0 aromatic heterocycles. The Labute approximate surface area is 170 Å². The molecule has 0 aliphatic rings.